The summed E-state index contributed by atoms with van der Waals surface area (Å²) < 4.78 is 127. The molecule has 10 aromatic rings. The highest BCUT2D eigenvalue weighted by Crippen LogP contribution is 2.42. The monoisotopic (exact) mass is 1610 g/mol. The molecule has 119 heavy (non-hydrogen) atoms. The maximum absolute atomic E-state index is 15.3. The Morgan fingerprint density at radius 3 is 0.950 bits per heavy atom. The summed E-state index contributed by atoms with van der Waals surface area (Å²) >= 11 is 0. The van der Waals surface area contributed by atoms with Crippen molar-refractivity contribution in [3.63, 3.8) is 0 Å². The van der Waals surface area contributed by atoms with Gasteiger partial charge in [0.25, 0.3) is 0 Å². The molecule has 10 aromatic carbocycles. The van der Waals surface area contributed by atoms with Crippen LogP contribution < -0.4 is 0 Å². The van der Waals surface area contributed by atoms with Gasteiger partial charge in [-0.1, -0.05) is 261 Å². The van der Waals surface area contributed by atoms with Crippen LogP contribution in [0.4, 0.5) is 0 Å². The summed E-state index contributed by atoms with van der Waals surface area (Å²) in [5, 5.41) is 0. The van der Waals surface area contributed by atoms with Gasteiger partial charge >= 0.3 is 23.9 Å². The molecule has 4 fully saturated rings. The smallest absolute Gasteiger partial charge is 0.338 e. The molecular weight excluding hydrogens is 1520 g/mol. The Labute approximate surface area is 692 Å². The highest BCUT2D eigenvalue weighted by molar-refractivity contribution is 5.91. The van der Waals surface area contributed by atoms with Crippen LogP contribution in [0.5, 0.6) is 0 Å². The van der Waals surface area contributed by atoms with Crippen LogP contribution in [-0.2, 0) is 125 Å². The summed E-state index contributed by atoms with van der Waals surface area (Å²) in [4.78, 5) is 59.8. The van der Waals surface area contributed by atoms with Gasteiger partial charge in [0.2, 0.25) is 0 Å². The summed E-state index contributed by atoms with van der Waals surface area (Å²) in [7, 11) is 0. The molecule has 0 unspecified atom stereocenters. The van der Waals surface area contributed by atoms with Crippen LogP contribution in [0.3, 0.4) is 0 Å². The number of ether oxygens (including phenoxy) is 18. The molecule has 0 aromatic heterocycles. The lowest BCUT2D eigenvalue weighted by Gasteiger charge is -2.52. The molecule has 22 nitrogen and oxygen atoms in total. The summed E-state index contributed by atoms with van der Waals surface area (Å²) in [6.45, 7) is 9.44. The molecule has 0 aliphatic carbocycles. The highest BCUT2D eigenvalue weighted by Gasteiger charge is 2.60. The first kappa shape index (κ1) is 84.7. The lowest BCUT2D eigenvalue weighted by atomic mass is 9.95. The van der Waals surface area contributed by atoms with Gasteiger partial charge < -0.3 is 85.3 Å². The standard InChI is InChI=1S/C97H98O22/c1-5-56-103-94-88(115-92(100)75-52-32-14-33-53-75)85(80(66(4)109-94)117-95-86(108-62-72-46-26-11-27-47-72)83(107-61-71-44-24-10-25-45-71)81(105-59-69-40-20-8-21-41-69)77(112-95)63-102-57-67-36-16-6-17-37-67)118-96-87(82(106-60-70-42-22-9-23-43-70)78(64(2)110-96)104-58-68-38-18-7-19-39-68)119-97-89(116-93(101)76-54-34-15-35-55-76)84(114-91(99)74-50-30-13-31-51-74)79(65(3)111-97)113-90(98)73-48-28-12-29-49-73/h5-55,64-66,77-89,94-97H,1,56-63H2,2-4H3/t64-,65-,66-,77+,78-,79-,80-,81+,82+,83-,84+,85+,86+,87+,88+,89+,94+,95+,96-,97-/m0/s1. The van der Waals surface area contributed by atoms with E-state index in [0.29, 0.717) is 0 Å². The van der Waals surface area contributed by atoms with E-state index in [0.717, 1.165) is 33.4 Å². The van der Waals surface area contributed by atoms with Crippen LogP contribution in [0.1, 0.15) is 95.6 Å². The van der Waals surface area contributed by atoms with Crippen molar-refractivity contribution in [1.82, 2.24) is 0 Å². The molecule has 4 heterocycles. The van der Waals surface area contributed by atoms with E-state index in [1.54, 1.807) is 142 Å². The summed E-state index contributed by atoms with van der Waals surface area (Å²) in [6, 6.07) is 90.9. The summed E-state index contributed by atoms with van der Waals surface area (Å²) in [5.74, 6) is -3.37. The molecule has 4 aliphatic heterocycles. The molecule has 618 valence electrons. The second kappa shape index (κ2) is 42.8. The van der Waals surface area contributed by atoms with Gasteiger partial charge in [0.1, 0.15) is 54.9 Å². The number of carbonyl (C=O) groups is 4. The normalized spacial score (nSPS) is 26.7. The third kappa shape index (κ3) is 22.8. The first-order valence-electron chi connectivity index (χ1n) is 40.1. The van der Waals surface area contributed by atoms with E-state index in [4.69, 9.17) is 85.3 Å². The Hall–Kier alpha value is -10.7. The molecule has 0 spiro atoms. The largest absolute Gasteiger partial charge is 0.452 e. The molecule has 0 saturated carbocycles. The van der Waals surface area contributed by atoms with Gasteiger partial charge in [-0.05, 0) is 103 Å². The SMILES string of the molecule is C=CCO[C@@H]1O[C@@H](C)[C@H](O[C@H]2O[C@H](COCc3ccccc3)[C@@H](OCc3ccccc3)[C@H](OCc3ccccc3)[C@H]2OCc2ccccc2)[C@@H](O[C@@H]2O[C@@H](C)[C@H](OCc3ccccc3)[C@@H](OCc3ccccc3)[C@H]2O[C@@H]2O[C@@H](C)[C@H](OC(=O)c3ccccc3)[C@@H](OC(=O)c3ccccc3)[C@H]2OC(=O)c2ccccc2)[C@H]1OC(=O)c1ccccc1. The maximum atomic E-state index is 15.3. The number of carbonyl (C=O) groups excluding carboxylic acids is 4. The Morgan fingerprint density at radius 2 is 0.546 bits per heavy atom. The first-order valence-corrected chi connectivity index (χ1v) is 40.1. The number of hydrogen-bond donors (Lipinski definition) is 0. The minimum atomic E-state index is -1.82. The third-order valence-electron chi connectivity index (χ3n) is 20.9. The Bertz CT molecular complexity index is 4720. The third-order valence-corrected chi connectivity index (χ3v) is 20.9. The highest BCUT2D eigenvalue weighted by atomic mass is 16.8. The van der Waals surface area contributed by atoms with E-state index < -0.39 is 147 Å². The zero-order valence-electron chi connectivity index (χ0n) is 66.3. The minimum absolute atomic E-state index is 0.0304. The van der Waals surface area contributed by atoms with Crippen LogP contribution >= 0.6 is 0 Å². The van der Waals surface area contributed by atoms with Crippen molar-refractivity contribution < 1.29 is 104 Å². The minimum Gasteiger partial charge on any atom is -0.452 e. The zero-order chi connectivity index (χ0) is 82.1. The second-order valence-electron chi connectivity index (χ2n) is 29.3. The number of benzene rings is 10. The number of esters is 4. The topological polar surface area (TPSA) is 234 Å². The fourth-order valence-electron chi connectivity index (χ4n) is 14.8. The molecule has 0 bridgehead atoms. The van der Waals surface area contributed by atoms with E-state index in [9.17, 15) is 9.59 Å². The lowest BCUT2D eigenvalue weighted by molar-refractivity contribution is -0.402. The van der Waals surface area contributed by atoms with Gasteiger partial charge in [-0.25, -0.2) is 19.2 Å². The molecule has 22 heteroatoms. The Kier molecular flexibility index (Phi) is 30.4. The van der Waals surface area contributed by atoms with Crippen LogP contribution in [0, 0.1) is 0 Å². The van der Waals surface area contributed by atoms with Crippen LogP contribution in [0.25, 0.3) is 0 Å². The molecule has 14 rings (SSSR count). The van der Waals surface area contributed by atoms with E-state index in [-0.39, 0.29) is 75.1 Å². The van der Waals surface area contributed by atoms with E-state index >= 15 is 9.59 Å². The van der Waals surface area contributed by atoms with Gasteiger partial charge in [0, 0.05) is 0 Å². The molecule has 0 N–H and O–H groups in total. The first-order chi connectivity index (χ1) is 58.4. The average molecular weight is 1620 g/mol. The van der Waals surface area contributed by atoms with Gasteiger partial charge in [-0.3, -0.25) is 0 Å². The van der Waals surface area contributed by atoms with Gasteiger partial charge in [0.05, 0.1) is 93.4 Å². The Balaban J connectivity index is 0.920. The quantitative estimate of drug-likeness (QED) is 0.0202. The zero-order valence-corrected chi connectivity index (χ0v) is 66.3. The van der Waals surface area contributed by atoms with Crippen LogP contribution in [0.15, 0.2) is 316 Å². The summed E-state index contributed by atoms with van der Waals surface area (Å²) in [5.41, 5.74) is 5.57. The Morgan fingerprint density at radius 1 is 0.269 bits per heavy atom. The van der Waals surface area contributed by atoms with Crippen molar-refractivity contribution in [1.29, 1.82) is 0 Å². The number of rotatable bonds is 36. The van der Waals surface area contributed by atoms with Gasteiger partial charge in [0.15, 0.2) is 49.6 Å². The van der Waals surface area contributed by atoms with Crippen molar-refractivity contribution in [3.05, 3.63) is 372 Å². The van der Waals surface area contributed by atoms with E-state index in [1.807, 2.05) is 182 Å². The van der Waals surface area contributed by atoms with Gasteiger partial charge in [-0.15, -0.1) is 6.58 Å². The van der Waals surface area contributed by atoms with E-state index in [2.05, 4.69) is 6.58 Å². The van der Waals surface area contributed by atoms with Crippen molar-refractivity contribution in [3.8, 4) is 0 Å². The van der Waals surface area contributed by atoms with Crippen molar-refractivity contribution in [2.75, 3.05) is 13.2 Å². The lowest BCUT2D eigenvalue weighted by Crippen LogP contribution is -2.68. The molecule has 0 amide bonds. The number of hydrogen-bond acceptors (Lipinski definition) is 22. The fraction of sp³-hybridized carbons (Fsp3) is 0.320. The van der Waals surface area contributed by atoms with Crippen molar-refractivity contribution in [2.45, 2.75) is 183 Å². The second-order valence-corrected chi connectivity index (χ2v) is 29.3. The molecule has 4 aliphatic rings. The average Bonchev–Trinajstić information content (AvgIpc) is 0.758. The fourth-order valence-corrected chi connectivity index (χ4v) is 14.8. The van der Waals surface area contributed by atoms with Crippen molar-refractivity contribution in [2.24, 2.45) is 0 Å². The molecule has 4 saturated heterocycles. The maximum Gasteiger partial charge on any atom is 0.338 e. The van der Waals surface area contributed by atoms with Crippen LogP contribution in [-0.4, -0.2) is 160 Å². The van der Waals surface area contributed by atoms with Crippen molar-refractivity contribution >= 4 is 23.9 Å². The summed E-state index contributed by atoms with van der Waals surface area (Å²) in [6.07, 6.45) is -25.8. The van der Waals surface area contributed by atoms with Gasteiger partial charge in [-0.2, -0.15) is 0 Å². The predicted octanol–water partition coefficient (Wildman–Crippen LogP) is 15.4. The van der Waals surface area contributed by atoms with Crippen LogP contribution in [0.2, 0.25) is 0 Å². The molecular formula is C97H98O22. The molecule has 20 atom stereocenters. The van der Waals surface area contributed by atoms with E-state index in [1.165, 1.54) is 6.08 Å². The predicted molar refractivity (Wildman–Crippen MR) is 436 cm³/mol. The molecule has 0 radical (unpaired) electrons.